The third-order valence-electron chi connectivity index (χ3n) is 3.26. The summed E-state index contributed by atoms with van der Waals surface area (Å²) in [6.45, 7) is -0.241. The third-order valence-corrected chi connectivity index (χ3v) is 3.26. The molecule has 0 aliphatic carbocycles. The Morgan fingerprint density at radius 3 is 2.46 bits per heavy atom. The molecule has 2 heterocycles. The first-order valence-electron chi connectivity index (χ1n) is 7.16. The number of halogens is 1. The lowest BCUT2D eigenvalue weighted by Crippen LogP contribution is -2.29. The monoisotopic (exact) mass is 324 g/mol. The van der Waals surface area contributed by atoms with Gasteiger partial charge in [-0.2, -0.15) is 5.10 Å². The number of nitrogens with one attached hydrogen (secondary N) is 1. The van der Waals surface area contributed by atoms with E-state index < -0.39 is 11.7 Å². The lowest BCUT2D eigenvalue weighted by atomic mass is 10.2. The highest BCUT2D eigenvalue weighted by molar-refractivity contribution is 5.90. The summed E-state index contributed by atoms with van der Waals surface area (Å²) >= 11 is 0. The van der Waals surface area contributed by atoms with Crippen LogP contribution in [0.3, 0.4) is 0 Å². The molecule has 0 saturated carbocycles. The smallest absolute Gasteiger partial charge is 0.267 e. The highest BCUT2D eigenvalue weighted by atomic mass is 19.1. The maximum absolute atomic E-state index is 12.9. The summed E-state index contributed by atoms with van der Waals surface area (Å²) in [4.78, 5) is 27.9. The highest BCUT2D eigenvalue weighted by Gasteiger charge is 2.08. The molecule has 0 spiro atoms. The van der Waals surface area contributed by atoms with E-state index in [9.17, 15) is 14.0 Å². The molecule has 7 heteroatoms. The Balaban J connectivity index is 1.78. The van der Waals surface area contributed by atoms with Crippen LogP contribution in [-0.4, -0.2) is 20.7 Å². The van der Waals surface area contributed by atoms with Gasteiger partial charge in [0.25, 0.3) is 5.56 Å². The minimum absolute atomic E-state index is 0.241. The number of pyridine rings is 1. The van der Waals surface area contributed by atoms with Crippen molar-refractivity contribution in [3.63, 3.8) is 0 Å². The molecule has 0 bridgehead atoms. The second-order valence-corrected chi connectivity index (χ2v) is 5.01. The maximum Gasteiger partial charge on any atom is 0.267 e. The first kappa shape index (κ1) is 15.5. The SMILES string of the molecule is O=C(Cn1nc(-c2ccncc2)ccc1=O)Nc1ccc(F)cc1. The topological polar surface area (TPSA) is 76.9 Å². The van der Waals surface area contributed by atoms with Crippen LogP contribution in [0.4, 0.5) is 10.1 Å². The van der Waals surface area contributed by atoms with Gasteiger partial charge in [-0.15, -0.1) is 0 Å². The molecule has 120 valence electrons. The van der Waals surface area contributed by atoms with E-state index in [2.05, 4.69) is 15.4 Å². The number of carbonyl (C=O) groups excluding carboxylic acids is 1. The van der Waals surface area contributed by atoms with Crippen molar-refractivity contribution in [3.05, 3.63) is 77.1 Å². The predicted octanol–water partition coefficient (Wildman–Crippen LogP) is 2.08. The number of amides is 1. The Kier molecular flexibility index (Phi) is 4.42. The summed E-state index contributed by atoms with van der Waals surface area (Å²) in [7, 11) is 0. The van der Waals surface area contributed by atoms with E-state index in [4.69, 9.17) is 0 Å². The van der Waals surface area contributed by atoms with Gasteiger partial charge < -0.3 is 5.32 Å². The zero-order chi connectivity index (χ0) is 16.9. The van der Waals surface area contributed by atoms with Crippen LogP contribution < -0.4 is 10.9 Å². The van der Waals surface area contributed by atoms with Crippen LogP contribution >= 0.6 is 0 Å². The van der Waals surface area contributed by atoms with E-state index in [1.54, 1.807) is 30.6 Å². The third kappa shape index (κ3) is 3.70. The highest BCUT2D eigenvalue weighted by Crippen LogP contribution is 2.13. The summed E-state index contributed by atoms with van der Waals surface area (Å²) in [6.07, 6.45) is 3.24. The summed E-state index contributed by atoms with van der Waals surface area (Å²) in [5.74, 6) is -0.820. The molecule has 0 saturated heterocycles. The fourth-order valence-electron chi connectivity index (χ4n) is 2.11. The molecule has 24 heavy (non-hydrogen) atoms. The van der Waals surface area contributed by atoms with Gasteiger partial charge in [-0.05, 0) is 42.5 Å². The number of carbonyl (C=O) groups is 1. The summed E-state index contributed by atoms with van der Waals surface area (Å²) in [5.41, 5.74) is 1.41. The van der Waals surface area contributed by atoms with Gasteiger partial charge in [-0.3, -0.25) is 14.6 Å². The largest absolute Gasteiger partial charge is 0.324 e. The Bertz CT molecular complexity index is 908. The predicted molar refractivity (Wildman–Crippen MR) is 86.8 cm³/mol. The van der Waals surface area contributed by atoms with E-state index in [0.717, 1.165) is 10.2 Å². The van der Waals surface area contributed by atoms with E-state index in [1.807, 2.05) is 0 Å². The van der Waals surface area contributed by atoms with Crippen LogP contribution in [0.5, 0.6) is 0 Å². The molecule has 6 nitrogen and oxygen atoms in total. The quantitative estimate of drug-likeness (QED) is 0.797. The van der Waals surface area contributed by atoms with Crippen LogP contribution in [0.25, 0.3) is 11.3 Å². The number of hydrogen-bond acceptors (Lipinski definition) is 4. The molecule has 0 aliphatic heterocycles. The van der Waals surface area contributed by atoms with E-state index in [1.165, 1.54) is 30.3 Å². The lowest BCUT2D eigenvalue weighted by molar-refractivity contribution is -0.117. The molecule has 0 fully saturated rings. The minimum atomic E-state index is -0.428. The van der Waals surface area contributed by atoms with Gasteiger partial charge in [0.2, 0.25) is 5.91 Å². The number of rotatable bonds is 4. The first-order chi connectivity index (χ1) is 11.6. The molecule has 1 aromatic carbocycles. The molecule has 1 amide bonds. The second-order valence-electron chi connectivity index (χ2n) is 5.01. The Labute approximate surface area is 136 Å². The fraction of sp³-hybridized carbons (Fsp3) is 0.0588. The van der Waals surface area contributed by atoms with Crippen molar-refractivity contribution in [3.8, 4) is 11.3 Å². The van der Waals surface area contributed by atoms with Gasteiger partial charge in [0, 0.05) is 29.7 Å². The van der Waals surface area contributed by atoms with Gasteiger partial charge >= 0.3 is 0 Å². The van der Waals surface area contributed by atoms with Gasteiger partial charge in [0.15, 0.2) is 0 Å². The molecule has 2 aromatic heterocycles. The summed E-state index contributed by atoms with van der Waals surface area (Å²) in [6, 6.07) is 11.8. The molecule has 3 rings (SSSR count). The fourth-order valence-corrected chi connectivity index (χ4v) is 2.11. The van der Waals surface area contributed by atoms with Gasteiger partial charge in [0.1, 0.15) is 12.4 Å². The van der Waals surface area contributed by atoms with Gasteiger partial charge in [-0.1, -0.05) is 0 Å². The molecular weight excluding hydrogens is 311 g/mol. The summed E-state index contributed by atoms with van der Waals surface area (Å²) < 4.78 is 13.9. The molecule has 0 atom stereocenters. The normalized spacial score (nSPS) is 10.4. The van der Waals surface area contributed by atoms with E-state index in [-0.39, 0.29) is 12.1 Å². The van der Waals surface area contributed by atoms with Crippen molar-refractivity contribution < 1.29 is 9.18 Å². The number of aromatic nitrogens is 3. The molecule has 0 radical (unpaired) electrons. The lowest BCUT2D eigenvalue weighted by Gasteiger charge is -2.08. The number of benzene rings is 1. The van der Waals surface area contributed by atoms with Crippen molar-refractivity contribution in [2.45, 2.75) is 6.54 Å². The van der Waals surface area contributed by atoms with Crippen LogP contribution in [0.1, 0.15) is 0 Å². The van der Waals surface area contributed by atoms with Crippen molar-refractivity contribution in [1.82, 2.24) is 14.8 Å². The Hall–Kier alpha value is -3.35. The van der Waals surface area contributed by atoms with Crippen LogP contribution in [0.2, 0.25) is 0 Å². The summed E-state index contributed by atoms with van der Waals surface area (Å²) in [5, 5.41) is 6.78. The van der Waals surface area contributed by atoms with Gasteiger partial charge in [0.05, 0.1) is 5.69 Å². The standard InChI is InChI=1S/C17H13FN4O2/c18-13-1-3-14(4-2-13)20-16(23)11-22-17(24)6-5-15(21-22)12-7-9-19-10-8-12/h1-10H,11H2,(H,20,23). The molecule has 0 unspecified atom stereocenters. The minimum Gasteiger partial charge on any atom is -0.324 e. The van der Waals surface area contributed by atoms with Crippen molar-refractivity contribution in [1.29, 1.82) is 0 Å². The van der Waals surface area contributed by atoms with Crippen LogP contribution in [-0.2, 0) is 11.3 Å². The molecule has 3 aromatic rings. The van der Waals surface area contributed by atoms with Crippen molar-refractivity contribution in [2.24, 2.45) is 0 Å². The number of nitrogens with zero attached hydrogens (tertiary/aromatic N) is 3. The first-order valence-corrected chi connectivity index (χ1v) is 7.16. The van der Waals surface area contributed by atoms with E-state index >= 15 is 0 Å². The maximum atomic E-state index is 12.9. The van der Waals surface area contributed by atoms with E-state index in [0.29, 0.717) is 11.4 Å². The second kappa shape index (κ2) is 6.82. The van der Waals surface area contributed by atoms with Crippen LogP contribution in [0, 0.1) is 5.82 Å². The molecular formula is C17H13FN4O2. The molecule has 0 aliphatic rings. The zero-order valence-electron chi connectivity index (χ0n) is 12.5. The Morgan fingerprint density at radius 2 is 1.75 bits per heavy atom. The van der Waals surface area contributed by atoms with Crippen molar-refractivity contribution in [2.75, 3.05) is 5.32 Å². The molecule has 1 N–H and O–H groups in total. The zero-order valence-corrected chi connectivity index (χ0v) is 12.5. The average Bonchev–Trinajstić information content (AvgIpc) is 2.60. The number of hydrogen-bond donors (Lipinski definition) is 1. The van der Waals surface area contributed by atoms with Gasteiger partial charge in [-0.25, -0.2) is 9.07 Å². The average molecular weight is 324 g/mol. The number of anilines is 1. The Morgan fingerprint density at radius 1 is 1.04 bits per heavy atom. The van der Waals surface area contributed by atoms with Crippen molar-refractivity contribution >= 4 is 11.6 Å². The van der Waals surface area contributed by atoms with Crippen LogP contribution in [0.15, 0.2) is 65.7 Å².